The standard InChI is InChI=1S/C13H17NO3S/c1-3-17-7-6-11-4-5-12-9-14(18(2,15)16)10-13(12)8-11/h4-8H,3,9-10H2,1-2H3/b7-6+. The molecular formula is C13H17NO3S. The first-order chi connectivity index (χ1) is 8.50. The third kappa shape index (κ3) is 2.91. The number of hydrogen-bond donors (Lipinski definition) is 0. The molecule has 0 spiro atoms. The molecule has 1 aromatic carbocycles. The van der Waals surface area contributed by atoms with Gasteiger partial charge in [0.2, 0.25) is 10.0 Å². The molecule has 98 valence electrons. The van der Waals surface area contributed by atoms with Gasteiger partial charge in [-0.2, -0.15) is 4.31 Å². The third-order valence-electron chi connectivity index (χ3n) is 2.92. The van der Waals surface area contributed by atoms with Crippen molar-refractivity contribution in [3.8, 4) is 0 Å². The first-order valence-corrected chi connectivity index (χ1v) is 7.70. The van der Waals surface area contributed by atoms with Crippen molar-refractivity contribution in [3.63, 3.8) is 0 Å². The third-order valence-corrected chi connectivity index (χ3v) is 4.11. The van der Waals surface area contributed by atoms with Crippen molar-refractivity contribution in [2.75, 3.05) is 12.9 Å². The highest BCUT2D eigenvalue weighted by molar-refractivity contribution is 7.88. The lowest BCUT2D eigenvalue weighted by Crippen LogP contribution is -2.23. The van der Waals surface area contributed by atoms with Gasteiger partial charge in [0, 0.05) is 13.1 Å². The molecule has 1 heterocycles. The molecule has 4 nitrogen and oxygen atoms in total. The fourth-order valence-corrected chi connectivity index (χ4v) is 2.69. The van der Waals surface area contributed by atoms with Crippen LogP contribution in [0.1, 0.15) is 23.6 Å². The number of benzene rings is 1. The highest BCUT2D eigenvalue weighted by Crippen LogP contribution is 2.26. The van der Waals surface area contributed by atoms with Crippen LogP contribution < -0.4 is 0 Å². The summed E-state index contributed by atoms with van der Waals surface area (Å²) in [6.07, 6.45) is 4.78. The fourth-order valence-electron chi connectivity index (χ4n) is 1.94. The van der Waals surface area contributed by atoms with Gasteiger partial charge in [-0.25, -0.2) is 8.42 Å². The molecule has 0 N–H and O–H groups in total. The largest absolute Gasteiger partial charge is 0.501 e. The maximum atomic E-state index is 11.5. The van der Waals surface area contributed by atoms with Crippen molar-refractivity contribution >= 4 is 16.1 Å². The van der Waals surface area contributed by atoms with E-state index in [4.69, 9.17) is 4.74 Å². The van der Waals surface area contributed by atoms with Crippen LogP contribution in [0.4, 0.5) is 0 Å². The zero-order valence-corrected chi connectivity index (χ0v) is 11.4. The Morgan fingerprint density at radius 1 is 1.33 bits per heavy atom. The van der Waals surface area contributed by atoms with Crippen LogP contribution in [0.2, 0.25) is 0 Å². The molecule has 0 fully saturated rings. The molecule has 0 saturated carbocycles. The normalized spacial score (nSPS) is 16.1. The van der Waals surface area contributed by atoms with Crippen LogP contribution in [0.25, 0.3) is 6.08 Å². The van der Waals surface area contributed by atoms with E-state index in [9.17, 15) is 8.42 Å². The van der Waals surface area contributed by atoms with E-state index in [1.807, 2.05) is 31.2 Å². The topological polar surface area (TPSA) is 46.6 Å². The summed E-state index contributed by atoms with van der Waals surface area (Å²) in [5, 5.41) is 0. The van der Waals surface area contributed by atoms with Gasteiger partial charge < -0.3 is 4.74 Å². The lowest BCUT2D eigenvalue weighted by Gasteiger charge is -2.10. The maximum absolute atomic E-state index is 11.5. The van der Waals surface area contributed by atoms with Crippen LogP contribution in [0, 0.1) is 0 Å². The summed E-state index contributed by atoms with van der Waals surface area (Å²) in [6, 6.07) is 5.96. The summed E-state index contributed by atoms with van der Waals surface area (Å²) in [6.45, 7) is 3.51. The van der Waals surface area contributed by atoms with Crippen molar-refractivity contribution < 1.29 is 13.2 Å². The summed E-state index contributed by atoms with van der Waals surface area (Å²) in [5.41, 5.74) is 3.17. The van der Waals surface area contributed by atoms with Gasteiger partial charge in [0.15, 0.2) is 0 Å². The van der Waals surface area contributed by atoms with Gasteiger partial charge in [-0.3, -0.25) is 0 Å². The van der Waals surface area contributed by atoms with E-state index in [1.54, 1.807) is 6.26 Å². The molecule has 5 heteroatoms. The molecule has 0 unspecified atom stereocenters. The van der Waals surface area contributed by atoms with E-state index in [1.165, 1.54) is 10.6 Å². The molecule has 0 saturated heterocycles. The van der Waals surface area contributed by atoms with Gasteiger partial charge in [0.1, 0.15) is 0 Å². The SMILES string of the molecule is CCO/C=C/c1ccc2c(c1)CN(S(C)(=O)=O)C2. The van der Waals surface area contributed by atoms with E-state index in [0.717, 1.165) is 16.7 Å². The molecule has 0 radical (unpaired) electrons. The molecule has 18 heavy (non-hydrogen) atoms. The van der Waals surface area contributed by atoms with Gasteiger partial charge in [-0.05, 0) is 35.8 Å². The van der Waals surface area contributed by atoms with Crippen molar-refractivity contribution in [1.82, 2.24) is 4.31 Å². The molecule has 1 aromatic rings. The molecule has 1 aliphatic rings. The van der Waals surface area contributed by atoms with E-state index in [-0.39, 0.29) is 0 Å². The molecule has 0 atom stereocenters. The number of ether oxygens (including phenoxy) is 1. The minimum Gasteiger partial charge on any atom is -0.501 e. The second-order valence-electron chi connectivity index (χ2n) is 4.32. The fraction of sp³-hybridized carbons (Fsp3) is 0.385. The Hall–Kier alpha value is -1.33. The highest BCUT2D eigenvalue weighted by Gasteiger charge is 2.25. The lowest BCUT2D eigenvalue weighted by atomic mass is 10.1. The molecule has 0 aromatic heterocycles. The molecule has 0 amide bonds. The summed E-state index contributed by atoms with van der Waals surface area (Å²) in [4.78, 5) is 0. The summed E-state index contributed by atoms with van der Waals surface area (Å²) in [5.74, 6) is 0. The van der Waals surface area contributed by atoms with Crippen LogP contribution in [-0.4, -0.2) is 25.6 Å². The highest BCUT2D eigenvalue weighted by atomic mass is 32.2. The van der Waals surface area contributed by atoms with Gasteiger partial charge in [-0.1, -0.05) is 12.1 Å². The average molecular weight is 267 g/mol. The summed E-state index contributed by atoms with van der Waals surface area (Å²) >= 11 is 0. The maximum Gasteiger partial charge on any atom is 0.211 e. The number of rotatable bonds is 4. The zero-order valence-electron chi connectivity index (χ0n) is 10.6. The quantitative estimate of drug-likeness (QED) is 0.784. The van der Waals surface area contributed by atoms with Crippen LogP contribution in [-0.2, 0) is 27.8 Å². The first kappa shape index (κ1) is 13.1. The minimum absolute atomic E-state index is 0.463. The average Bonchev–Trinajstić information content (AvgIpc) is 2.72. The van der Waals surface area contributed by atoms with E-state index >= 15 is 0 Å². The Bertz CT molecular complexity index is 564. The molecule has 2 rings (SSSR count). The van der Waals surface area contributed by atoms with E-state index in [2.05, 4.69) is 0 Å². The second kappa shape index (κ2) is 5.12. The lowest BCUT2D eigenvalue weighted by molar-refractivity contribution is 0.272. The van der Waals surface area contributed by atoms with E-state index in [0.29, 0.717) is 19.7 Å². The number of sulfonamides is 1. The van der Waals surface area contributed by atoms with Crippen molar-refractivity contribution in [2.24, 2.45) is 0 Å². The van der Waals surface area contributed by atoms with Gasteiger partial charge in [0.05, 0.1) is 19.1 Å². The van der Waals surface area contributed by atoms with Crippen molar-refractivity contribution in [2.45, 2.75) is 20.0 Å². The van der Waals surface area contributed by atoms with Crippen molar-refractivity contribution in [1.29, 1.82) is 0 Å². The number of hydrogen-bond acceptors (Lipinski definition) is 3. The number of fused-ring (bicyclic) bond motifs is 1. The molecule has 1 aliphatic heterocycles. The van der Waals surface area contributed by atoms with Crippen LogP contribution >= 0.6 is 0 Å². The Balaban J connectivity index is 2.17. The molecule has 0 bridgehead atoms. The Labute approximate surface area is 108 Å². The van der Waals surface area contributed by atoms with E-state index < -0.39 is 10.0 Å². The van der Waals surface area contributed by atoms with Crippen LogP contribution in [0.3, 0.4) is 0 Å². The predicted octanol–water partition coefficient (Wildman–Crippen LogP) is 1.97. The summed E-state index contributed by atoms with van der Waals surface area (Å²) < 4.78 is 29.6. The Morgan fingerprint density at radius 2 is 2.06 bits per heavy atom. The van der Waals surface area contributed by atoms with Crippen LogP contribution in [0.15, 0.2) is 24.5 Å². The first-order valence-electron chi connectivity index (χ1n) is 5.86. The Kier molecular flexibility index (Phi) is 3.73. The minimum atomic E-state index is -3.11. The van der Waals surface area contributed by atoms with Gasteiger partial charge >= 0.3 is 0 Å². The van der Waals surface area contributed by atoms with Crippen molar-refractivity contribution in [3.05, 3.63) is 41.2 Å². The summed E-state index contributed by atoms with van der Waals surface area (Å²) in [7, 11) is -3.11. The van der Waals surface area contributed by atoms with Gasteiger partial charge in [0.25, 0.3) is 0 Å². The smallest absolute Gasteiger partial charge is 0.211 e. The van der Waals surface area contributed by atoms with Gasteiger partial charge in [-0.15, -0.1) is 0 Å². The monoisotopic (exact) mass is 267 g/mol. The Morgan fingerprint density at radius 3 is 2.72 bits per heavy atom. The van der Waals surface area contributed by atoms with Crippen LogP contribution in [0.5, 0.6) is 0 Å². The zero-order chi connectivity index (χ0) is 13.2. The number of nitrogens with zero attached hydrogens (tertiary/aromatic N) is 1. The predicted molar refractivity (Wildman–Crippen MR) is 71.2 cm³/mol. The molecular weight excluding hydrogens is 250 g/mol. The molecule has 0 aliphatic carbocycles. The second-order valence-corrected chi connectivity index (χ2v) is 6.30.